The third kappa shape index (κ3) is 3.58. The first-order valence-electron chi connectivity index (χ1n) is 7.11. The van der Waals surface area contributed by atoms with Crippen molar-refractivity contribution in [3.63, 3.8) is 0 Å². The van der Waals surface area contributed by atoms with Crippen molar-refractivity contribution in [1.29, 1.82) is 0 Å². The summed E-state index contributed by atoms with van der Waals surface area (Å²) < 4.78 is 32.8. The van der Waals surface area contributed by atoms with E-state index in [0.717, 1.165) is 21.2 Å². The van der Waals surface area contributed by atoms with Gasteiger partial charge in [0.2, 0.25) is 10.0 Å². The van der Waals surface area contributed by atoms with E-state index in [1.807, 2.05) is 22.9 Å². The molecule has 0 fully saturated rings. The summed E-state index contributed by atoms with van der Waals surface area (Å²) in [5.74, 6) is 0.548. The topological polar surface area (TPSA) is 85.1 Å². The van der Waals surface area contributed by atoms with Crippen LogP contribution in [0.5, 0.6) is 0 Å². The molecule has 0 bridgehead atoms. The second-order valence-electron chi connectivity index (χ2n) is 4.94. The zero-order valence-electron chi connectivity index (χ0n) is 12.6. The summed E-state index contributed by atoms with van der Waals surface area (Å²) in [7, 11) is -3.60. The molecule has 0 aromatic carbocycles. The third-order valence-corrected chi connectivity index (χ3v) is 8.18. The molecule has 0 atom stereocenters. The summed E-state index contributed by atoms with van der Waals surface area (Å²) in [6.07, 6.45) is 1.52. The van der Waals surface area contributed by atoms with E-state index in [1.54, 1.807) is 29.5 Å². The summed E-state index contributed by atoms with van der Waals surface area (Å²) in [5.41, 5.74) is 0.698. The number of rotatable bonds is 6. The zero-order valence-corrected chi connectivity index (χ0v) is 15.8. The van der Waals surface area contributed by atoms with Gasteiger partial charge in [-0.05, 0) is 23.6 Å². The maximum atomic E-state index is 12.5. The summed E-state index contributed by atoms with van der Waals surface area (Å²) in [4.78, 5) is 6.27. The lowest BCUT2D eigenvalue weighted by Gasteiger charge is -2.02. The van der Waals surface area contributed by atoms with Crippen LogP contribution in [0.3, 0.4) is 0 Å². The largest absolute Gasteiger partial charge is 0.355 e. The van der Waals surface area contributed by atoms with Gasteiger partial charge in [-0.25, -0.2) is 18.1 Å². The second-order valence-corrected chi connectivity index (χ2v) is 9.82. The smallest absolute Gasteiger partial charge is 0.250 e. The van der Waals surface area contributed by atoms with Crippen LogP contribution in [-0.2, 0) is 16.6 Å². The third-order valence-electron chi connectivity index (χ3n) is 3.25. The molecule has 0 saturated heterocycles. The first kappa shape index (κ1) is 16.6. The zero-order chi connectivity index (χ0) is 17.3. The van der Waals surface area contributed by atoms with Crippen LogP contribution >= 0.6 is 34.0 Å². The molecule has 0 radical (unpaired) electrons. The van der Waals surface area contributed by atoms with E-state index in [-0.39, 0.29) is 10.8 Å². The first-order chi connectivity index (χ1) is 12.1. The number of nitrogens with one attached hydrogen (secondary N) is 1. The highest BCUT2D eigenvalue weighted by Crippen LogP contribution is 2.31. The molecule has 25 heavy (non-hydrogen) atoms. The van der Waals surface area contributed by atoms with Crippen molar-refractivity contribution in [3.05, 3.63) is 53.0 Å². The number of thiazole rings is 1. The molecule has 6 nitrogen and oxygen atoms in total. The minimum atomic E-state index is -3.60. The molecule has 0 spiro atoms. The molecule has 1 N–H and O–H groups in total. The number of sulfonamides is 1. The Morgan fingerprint density at radius 3 is 2.80 bits per heavy atom. The molecule has 0 aliphatic carbocycles. The normalized spacial score (nSPS) is 11.8. The van der Waals surface area contributed by atoms with Crippen LogP contribution in [0.2, 0.25) is 0 Å². The van der Waals surface area contributed by atoms with E-state index in [4.69, 9.17) is 4.52 Å². The lowest BCUT2D eigenvalue weighted by atomic mass is 10.4. The number of aromatic nitrogens is 2. The van der Waals surface area contributed by atoms with Crippen LogP contribution in [0.25, 0.3) is 20.5 Å². The SMILES string of the molecule is O=S(=O)(NCc1csc(-c2cccs2)n1)c1ccc(-c2ccno2)s1. The van der Waals surface area contributed by atoms with Crippen molar-refractivity contribution in [2.45, 2.75) is 10.8 Å². The first-order valence-corrected chi connectivity index (χ1v) is 11.2. The van der Waals surface area contributed by atoms with Crippen molar-refractivity contribution in [2.24, 2.45) is 0 Å². The minimum Gasteiger partial charge on any atom is -0.355 e. The van der Waals surface area contributed by atoms with Crippen LogP contribution in [-0.4, -0.2) is 18.6 Å². The molecule has 0 aliphatic rings. The average Bonchev–Trinajstić information content (AvgIpc) is 3.41. The number of thiophene rings is 2. The van der Waals surface area contributed by atoms with Crippen molar-refractivity contribution in [2.75, 3.05) is 0 Å². The Morgan fingerprint density at radius 2 is 2.04 bits per heavy atom. The Labute approximate surface area is 155 Å². The standard InChI is InChI=1S/C15H11N3O3S4/c19-25(20,14-4-3-12(24-14)11-5-6-16-21-11)17-8-10-9-23-15(18-10)13-2-1-7-22-13/h1-7,9,17H,8H2. The monoisotopic (exact) mass is 409 g/mol. The van der Waals surface area contributed by atoms with E-state index in [1.165, 1.54) is 17.5 Å². The fourth-order valence-corrected chi connectivity index (χ4v) is 6.02. The van der Waals surface area contributed by atoms with Crippen LogP contribution in [0.15, 0.2) is 56.0 Å². The molecule has 4 aromatic rings. The predicted octanol–water partition coefficient (Wildman–Crippen LogP) is 4.07. The summed E-state index contributed by atoms with van der Waals surface area (Å²) in [5, 5.41) is 8.38. The van der Waals surface area contributed by atoms with Crippen molar-refractivity contribution in [1.82, 2.24) is 14.9 Å². The summed E-state index contributed by atoms with van der Waals surface area (Å²) in [6, 6.07) is 8.92. The number of nitrogens with zero attached hydrogens (tertiary/aromatic N) is 2. The molecule has 4 heterocycles. The van der Waals surface area contributed by atoms with Gasteiger partial charge in [0.1, 0.15) is 9.22 Å². The van der Waals surface area contributed by atoms with Gasteiger partial charge in [0.15, 0.2) is 5.76 Å². The van der Waals surface area contributed by atoms with Gasteiger partial charge in [0, 0.05) is 11.4 Å². The Kier molecular flexibility index (Phi) is 4.52. The van der Waals surface area contributed by atoms with Crippen LogP contribution in [0.4, 0.5) is 0 Å². The van der Waals surface area contributed by atoms with Gasteiger partial charge in [-0.15, -0.1) is 34.0 Å². The highest BCUT2D eigenvalue weighted by Gasteiger charge is 2.19. The molecule has 10 heteroatoms. The molecule has 0 aliphatic heterocycles. The maximum Gasteiger partial charge on any atom is 0.250 e. The molecule has 0 amide bonds. The van der Waals surface area contributed by atoms with Crippen molar-refractivity contribution in [3.8, 4) is 20.5 Å². The highest BCUT2D eigenvalue weighted by molar-refractivity contribution is 7.91. The minimum absolute atomic E-state index is 0.153. The van der Waals surface area contributed by atoms with E-state index >= 15 is 0 Å². The summed E-state index contributed by atoms with van der Waals surface area (Å²) in [6.45, 7) is 0.153. The molecule has 0 saturated carbocycles. The molecule has 4 rings (SSSR count). The lowest BCUT2D eigenvalue weighted by molar-refractivity contribution is 0.433. The molecule has 128 valence electrons. The lowest BCUT2D eigenvalue weighted by Crippen LogP contribution is -2.22. The maximum absolute atomic E-state index is 12.5. The summed E-state index contributed by atoms with van der Waals surface area (Å²) >= 11 is 4.25. The van der Waals surface area contributed by atoms with E-state index in [9.17, 15) is 8.42 Å². The Balaban J connectivity index is 1.47. The van der Waals surface area contributed by atoms with Gasteiger partial charge in [0.05, 0.1) is 28.2 Å². The van der Waals surface area contributed by atoms with E-state index in [0.29, 0.717) is 16.3 Å². The van der Waals surface area contributed by atoms with Gasteiger partial charge in [-0.2, -0.15) is 0 Å². The quantitative estimate of drug-likeness (QED) is 0.519. The highest BCUT2D eigenvalue weighted by atomic mass is 32.2. The molecular weight excluding hydrogens is 398 g/mol. The van der Waals surface area contributed by atoms with Gasteiger partial charge >= 0.3 is 0 Å². The fraction of sp³-hybridized carbons (Fsp3) is 0.0667. The van der Waals surface area contributed by atoms with Crippen LogP contribution < -0.4 is 4.72 Å². The Bertz CT molecular complexity index is 1060. The molecule has 0 unspecified atom stereocenters. The van der Waals surface area contributed by atoms with Gasteiger partial charge in [0.25, 0.3) is 0 Å². The van der Waals surface area contributed by atoms with Crippen molar-refractivity contribution < 1.29 is 12.9 Å². The second kappa shape index (κ2) is 6.81. The van der Waals surface area contributed by atoms with Gasteiger partial charge in [-0.3, -0.25) is 0 Å². The Hall–Kier alpha value is -1.85. The number of hydrogen-bond acceptors (Lipinski definition) is 8. The van der Waals surface area contributed by atoms with Crippen LogP contribution in [0.1, 0.15) is 5.69 Å². The molecular formula is C15H11N3O3S4. The van der Waals surface area contributed by atoms with Gasteiger partial charge in [-0.1, -0.05) is 11.2 Å². The van der Waals surface area contributed by atoms with Crippen molar-refractivity contribution >= 4 is 44.0 Å². The molecule has 4 aromatic heterocycles. The van der Waals surface area contributed by atoms with Crippen LogP contribution in [0, 0.1) is 0 Å². The van der Waals surface area contributed by atoms with E-state index < -0.39 is 10.0 Å². The Morgan fingerprint density at radius 1 is 1.12 bits per heavy atom. The average molecular weight is 410 g/mol. The fourth-order valence-electron chi connectivity index (χ4n) is 2.08. The van der Waals surface area contributed by atoms with Gasteiger partial charge < -0.3 is 4.52 Å². The number of hydrogen-bond donors (Lipinski definition) is 1. The van der Waals surface area contributed by atoms with E-state index in [2.05, 4.69) is 14.9 Å². The predicted molar refractivity (Wildman–Crippen MR) is 99.3 cm³/mol.